The molecule has 6 heteroatoms. The summed E-state index contributed by atoms with van der Waals surface area (Å²) < 4.78 is 0. The summed E-state index contributed by atoms with van der Waals surface area (Å²) in [5.41, 5.74) is 5.93. The molecule has 0 unspecified atom stereocenters. The number of para-hydroxylation sites is 1. The molecular formula is C25H23N5O. The summed E-state index contributed by atoms with van der Waals surface area (Å²) in [6.45, 7) is 4.11. The Hall–Kier alpha value is -3.80. The lowest BCUT2D eigenvalue weighted by Crippen LogP contribution is -2.32. The number of amides is 1. The Morgan fingerprint density at radius 1 is 1.06 bits per heavy atom. The maximum atomic E-state index is 12.8. The van der Waals surface area contributed by atoms with Crippen LogP contribution in [0.15, 0.2) is 67.1 Å². The number of benzene rings is 1. The van der Waals surface area contributed by atoms with E-state index in [0.717, 1.165) is 53.1 Å². The first-order valence-electron chi connectivity index (χ1n) is 10.4. The molecule has 0 saturated heterocycles. The normalized spacial score (nSPS) is 13.1. The zero-order valence-electron chi connectivity index (χ0n) is 17.4. The Morgan fingerprint density at radius 2 is 1.97 bits per heavy atom. The molecule has 0 spiro atoms. The number of anilines is 1. The second-order valence-electron chi connectivity index (χ2n) is 7.82. The van der Waals surface area contributed by atoms with E-state index in [2.05, 4.69) is 31.2 Å². The number of aromatic nitrogens is 3. The molecule has 1 aliphatic rings. The van der Waals surface area contributed by atoms with Crippen molar-refractivity contribution in [3.05, 3.63) is 95.1 Å². The van der Waals surface area contributed by atoms with Crippen molar-refractivity contribution in [3.63, 3.8) is 0 Å². The van der Waals surface area contributed by atoms with Gasteiger partial charge in [0.05, 0.1) is 11.1 Å². The van der Waals surface area contributed by atoms with Gasteiger partial charge in [-0.15, -0.1) is 0 Å². The maximum absolute atomic E-state index is 12.8. The lowest BCUT2D eigenvalue weighted by molar-refractivity contribution is 0.0950. The number of hydrogen-bond acceptors (Lipinski definition) is 5. The van der Waals surface area contributed by atoms with Gasteiger partial charge in [-0.3, -0.25) is 14.8 Å². The molecule has 4 aromatic rings. The van der Waals surface area contributed by atoms with Crippen LogP contribution in [0.1, 0.15) is 32.7 Å². The molecule has 1 aromatic carbocycles. The number of aryl methyl sites for hydroxylation is 1. The Balaban J connectivity index is 1.30. The molecule has 0 bridgehead atoms. The van der Waals surface area contributed by atoms with Gasteiger partial charge in [-0.05, 0) is 47.9 Å². The molecule has 1 aliphatic heterocycles. The van der Waals surface area contributed by atoms with Crippen LogP contribution < -0.4 is 10.2 Å². The number of rotatable bonds is 4. The molecule has 0 aliphatic carbocycles. The standard InChI is InChI=1S/C25H23N5O/c1-17-13-20(15-28-24(17)30-12-9-22-19(16-30)5-4-10-26-22)25(31)29-14-18-8-11-27-23-7-3-2-6-21(18)23/h2-8,10-11,13,15H,9,12,14,16H2,1H3,(H,29,31). The van der Waals surface area contributed by atoms with Crippen molar-refractivity contribution in [1.29, 1.82) is 0 Å². The Labute approximate surface area is 181 Å². The van der Waals surface area contributed by atoms with Gasteiger partial charge >= 0.3 is 0 Å². The summed E-state index contributed by atoms with van der Waals surface area (Å²) in [5.74, 6) is 0.794. The van der Waals surface area contributed by atoms with E-state index in [9.17, 15) is 4.79 Å². The van der Waals surface area contributed by atoms with Crippen LogP contribution in [0.5, 0.6) is 0 Å². The van der Waals surface area contributed by atoms with E-state index in [1.807, 2.05) is 55.6 Å². The number of pyridine rings is 3. The van der Waals surface area contributed by atoms with Crippen molar-refractivity contribution in [3.8, 4) is 0 Å². The first-order valence-corrected chi connectivity index (χ1v) is 10.4. The number of hydrogen-bond donors (Lipinski definition) is 1. The first-order chi connectivity index (χ1) is 15.2. The molecular weight excluding hydrogens is 386 g/mol. The molecule has 5 rings (SSSR count). The Bertz CT molecular complexity index is 1260. The quantitative estimate of drug-likeness (QED) is 0.555. The molecule has 0 fully saturated rings. The fourth-order valence-electron chi connectivity index (χ4n) is 4.16. The number of carbonyl (C=O) groups excluding carboxylic acids is 1. The molecule has 31 heavy (non-hydrogen) atoms. The van der Waals surface area contributed by atoms with Crippen LogP contribution in [-0.2, 0) is 19.5 Å². The summed E-state index contributed by atoms with van der Waals surface area (Å²) >= 11 is 0. The third-order valence-electron chi connectivity index (χ3n) is 5.76. The lowest BCUT2D eigenvalue weighted by Gasteiger charge is -2.30. The highest BCUT2D eigenvalue weighted by molar-refractivity contribution is 5.94. The first kappa shape index (κ1) is 19.2. The zero-order chi connectivity index (χ0) is 21.2. The topological polar surface area (TPSA) is 71.0 Å². The number of nitrogens with one attached hydrogen (secondary N) is 1. The largest absolute Gasteiger partial charge is 0.352 e. The average Bonchev–Trinajstić information content (AvgIpc) is 2.82. The molecule has 4 heterocycles. The van der Waals surface area contributed by atoms with Crippen molar-refractivity contribution >= 4 is 22.6 Å². The van der Waals surface area contributed by atoms with Crippen molar-refractivity contribution in [2.24, 2.45) is 0 Å². The van der Waals surface area contributed by atoms with E-state index in [-0.39, 0.29) is 5.91 Å². The molecule has 0 radical (unpaired) electrons. The van der Waals surface area contributed by atoms with Gasteiger partial charge < -0.3 is 10.2 Å². The van der Waals surface area contributed by atoms with E-state index in [4.69, 9.17) is 0 Å². The van der Waals surface area contributed by atoms with Gasteiger partial charge in [0.15, 0.2) is 0 Å². The summed E-state index contributed by atoms with van der Waals surface area (Å²) in [5, 5.41) is 4.07. The maximum Gasteiger partial charge on any atom is 0.253 e. The van der Waals surface area contributed by atoms with Gasteiger partial charge in [0.2, 0.25) is 0 Å². The Kier molecular flexibility index (Phi) is 5.04. The van der Waals surface area contributed by atoms with E-state index < -0.39 is 0 Å². The van der Waals surface area contributed by atoms with Crippen molar-refractivity contribution < 1.29 is 4.79 Å². The average molecular weight is 409 g/mol. The van der Waals surface area contributed by atoms with Crippen LogP contribution in [0.25, 0.3) is 10.9 Å². The monoisotopic (exact) mass is 409 g/mol. The summed E-state index contributed by atoms with van der Waals surface area (Å²) in [4.78, 5) is 28.5. The predicted molar refractivity (Wildman–Crippen MR) is 121 cm³/mol. The van der Waals surface area contributed by atoms with Crippen LogP contribution in [0.2, 0.25) is 0 Å². The number of nitrogens with zero attached hydrogens (tertiary/aromatic N) is 4. The predicted octanol–water partition coefficient (Wildman–Crippen LogP) is 3.83. The molecule has 1 N–H and O–H groups in total. The number of carbonyl (C=O) groups is 1. The van der Waals surface area contributed by atoms with Gasteiger partial charge in [-0.2, -0.15) is 0 Å². The van der Waals surface area contributed by atoms with Gasteiger partial charge in [-0.25, -0.2) is 4.98 Å². The summed E-state index contributed by atoms with van der Waals surface area (Å²) in [6.07, 6.45) is 6.19. The van der Waals surface area contributed by atoms with E-state index in [0.29, 0.717) is 12.1 Å². The van der Waals surface area contributed by atoms with Crippen LogP contribution in [0.4, 0.5) is 5.82 Å². The smallest absolute Gasteiger partial charge is 0.253 e. The molecule has 6 nitrogen and oxygen atoms in total. The van der Waals surface area contributed by atoms with E-state index >= 15 is 0 Å². The SMILES string of the molecule is Cc1cc(C(=O)NCc2ccnc3ccccc23)cnc1N1CCc2ncccc2C1. The van der Waals surface area contributed by atoms with E-state index in [1.54, 1.807) is 12.4 Å². The fraction of sp³-hybridized carbons (Fsp3) is 0.200. The third-order valence-corrected chi connectivity index (χ3v) is 5.76. The highest BCUT2D eigenvalue weighted by Gasteiger charge is 2.20. The third kappa shape index (κ3) is 3.84. The van der Waals surface area contributed by atoms with Gasteiger partial charge in [-0.1, -0.05) is 24.3 Å². The minimum atomic E-state index is -0.128. The van der Waals surface area contributed by atoms with Crippen LogP contribution in [0.3, 0.4) is 0 Å². The second-order valence-corrected chi connectivity index (χ2v) is 7.82. The summed E-state index contributed by atoms with van der Waals surface area (Å²) in [6, 6.07) is 15.9. The minimum absolute atomic E-state index is 0.128. The molecule has 0 saturated carbocycles. The van der Waals surface area contributed by atoms with Crippen molar-refractivity contribution in [2.75, 3.05) is 11.4 Å². The minimum Gasteiger partial charge on any atom is -0.352 e. The van der Waals surface area contributed by atoms with Crippen LogP contribution in [-0.4, -0.2) is 27.4 Å². The van der Waals surface area contributed by atoms with Gasteiger partial charge in [0.1, 0.15) is 5.82 Å². The molecule has 0 atom stereocenters. The van der Waals surface area contributed by atoms with Gasteiger partial charge in [0, 0.05) is 55.7 Å². The lowest BCUT2D eigenvalue weighted by atomic mass is 10.0. The second kappa shape index (κ2) is 8.14. The van der Waals surface area contributed by atoms with Crippen molar-refractivity contribution in [1.82, 2.24) is 20.3 Å². The van der Waals surface area contributed by atoms with Crippen LogP contribution >= 0.6 is 0 Å². The van der Waals surface area contributed by atoms with Gasteiger partial charge in [0.25, 0.3) is 5.91 Å². The highest BCUT2D eigenvalue weighted by Crippen LogP contribution is 2.25. The summed E-state index contributed by atoms with van der Waals surface area (Å²) in [7, 11) is 0. The van der Waals surface area contributed by atoms with Crippen molar-refractivity contribution in [2.45, 2.75) is 26.4 Å². The highest BCUT2D eigenvalue weighted by atomic mass is 16.1. The number of fused-ring (bicyclic) bond motifs is 2. The van der Waals surface area contributed by atoms with E-state index in [1.165, 1.54) is 5.56 Å². The molecule has 3 aromatic heterocycles. The van der Waals surface area contributed by atoms with Crippen LogP contribution in [0, 0.1) is 6.92 Å². The Morgan fingerprint density at radius 3 is 2.87 bits per heavy atom. The molecule has 1 amide bonds. The molecule has 154 valence electrons. The fourth-order valence-corrected chi connectivity index (χ4v) is 4.16. The zero-order valence-corrected chi connectivity index (χ0v) is 17.4.